The molecule has 1 aromatic carbocycles. The van der Waals surface area contributed by atoms with E-state index in [2.05, 4.69) is 5.32 Å². The standard InChI is InChI=1S/C13H20FNO2/c1-10-8-12(14)5-4-11(10)6-7-15-9-13(16-2)17-3/h4-5,8,13,15H,6-7,9H2,1-3H3. The maximum absolute atomic E-state index is 12.9. The summed E-state index contributed by atoms with van der Waals surface area (Å²) >= 11 is 0. The summed E-state index contributed by atoms with van der Waals surface area (Å²) in [6.07, 6.45) is 0.649. The monoisotopic (exact) mass is 241 g/mol. The average molecular weight is 241 g/mol. The van der Waals surface area contributed by atoms with Crippen LogP contribution in [-0.2, 0) is 15.9 Å². The second-order valence-electron chi connectivity index (χ2n) is 3.93. The molecule has 0 aliphatic carbocycles. The first-order valence-corrected chi connectivity index (χ1v) is 5.68. The molecule has 0 radical (unpaired) electrons. The SMILES string of the molecule is COC(CNCCc1ccc(F)cc1C)OC. The van der Waals surface area contributed by atoms with E-state index >= 15 is 0 Å². The van der Waals surface area contributed by atoms with Gasteiger partial charge in [0.25, 0.3) is 0 Å². The van der Waals surface area contributed by atoms with Crippen molar-refractivity contribution in [2.45, 2.75) is 19.6 Å². The molecule has 0 spiro atoms. The average Bonchev–Trinajstić information content (AvgIpc) is 2.32. The van der Waals surface area contributed by atoms with Crippen molar-refractivity contribution in [3.8, 4) is 0 Å². The minimum atomic E-state index is -0.218. The number of nitrogens with one attached hydrogen (secondary N) is 1. The molecular weight excluding hydrogens is 221 g/mol. The Hall–Kier alpha value is -0.970. The molecule has 0 atom stereocenters. The molecule has 0 bridgehead atoms. The Labute approximate surface area is 102 Å². The fourth-order valence-corrected chi connectivity index (χ4v) is 1.65. The molecule has 0 aliphatic rings. The van der Waals surface area contributed by atoms with E-state index in [1.165, 1.54) is 6.07 Å². The zero-order valence-electron chi connectivity index (χ0n) is 10.6. The minimum Gasteiger partial charge on any atom is -0.355 e. The van der Waals surface area contributed by atoms with Crippen molar-refractivity contribution < 1.29 is 13.9 Å². The Morgan fingerprint density at radius 1 is 1.29 bits per heavy atom. The van der Waals surface area contributed by atoms with Gasteiger partial charge in [-0.15, -0.1) is 0 Å². The second-order valence-corrected chi connectivity index (χ2v) is 3.93. The van der Waals surface area contributed by atoms with E-state index in [-0.39, 0.29) is 12.1 Å². The third-order valence-corrected chi connectivity index (χ3v) is 2.71. The van der Waals surface area contributed by atoms with Gasteiger partial charge in [0, 0.05) is 20.8 Å². The van der Waals surface area contributed by atoms with Crippen LogP contribution in [0.2, 0.25) is 0 Å². The fraction of sp³-hybridized carbons (Fsp3) is 0.538. The molecule has 0 saturated carbocycles. The van der Waals surface area contributed by atoms with Gasteiger partial charge in [0.2, 0.25) is 0 Å². The summed E-state index contributed by atoms with van der Waals surface area (Å²) in [5.41, 5.74) is 2.15. The van der Waals surface area contributed by atoms with E-state index < -0.39 is 0 Å². The molecule has 4 heteroatoms. The van der Waals surface area contributed by atoms with Crippen molar-refractivity contribution in [2.75, 3.05) is 27.3 Å². The summed E-state index contributed by atoms with van der Waals surface area (Å²) in [4.78, 5) is 0. The van der Waals surface area contributed by atoms with Crippen LogP contribution in [0.15, 0.2) is 18.2 Å². The molecule has 0 unspecified atom stereocenters. The molecule has 0 aliphatic heterocycles. The normalized spacial score (nSPS) is 11.1. The smallest absolute Gasteiger partial charge is 0.169 e. The Balaban J connectivity index is 2.31. The quantitative estimate of drug-likeness (QED) is 0.584. The lowest BCUT2D eigenvalue weighted by Crippen LogP contribution is -2.31. The molecule has 96 valence electrons. The van der Waals surface area contributed by atoms with Crippen molar-refractivity contribution in [1.82, 2.24) is 5.32 Å². The maximum atomic E-state index is 12.9. The number of hydrogen-bond acceptors (Lipinski definition) is 3. The predicted molar refractivity (Wildman–Crippen MR) is 65.5 cm³/mol. The van der Waals surface area contributed by atoms with E-state index in [4.69, 9.17) is 9.47 Å². The van der Waals surface area contributed by atoms with Crippen LogP contribution >= 0.6 is 0 Å². The molecule has 1 N–H and O–H groups in total. The zero-order chi connectivity index (χ0) is 12.7. The first-order chi connectivity index (χ1) is 8.17. The van der Waals surface area contributed by atoms with Gasteiger partial charge in [-0.2, -0.15) is 0 Å². The molecule has 1 aromatic rings. The molecule has 0 saturated heterocycles. The molecule has 0 amide bonds. The van der Waals surface area contributed by atoms with Crippen LogP contribution in [0.1, 0.15) is 11.1 Å². The Morgan fingerprint density at radius 3 is 2.59 bits per heavy atom. The Kier molecular flexibility index (Phi) is 6.11. The summed E-state index contributed by atoms with van der Waals surface area (Å²) in [6, 6.07) is 4.88. The lowest BCUT2D eigenvalue weighted by molar-refractivity contribution is -0.0986. The van der Waals surface area contributed by atoms with Crippen molar-refractivity contribution in [1.29, 1.82) is 0 Å². The van der Waals surface area contributed by atoms with Gasteiger partial charge in [0.1, 0.15) is 5.82 Å². The molecular formula is C13H20FNO2. The summed E-state index contributed by atoms with van der Waals surface area (Å²) in [7, 11) is 3.22. The number of ether oxygens (including phenoxy) is 2. The van der Waals surface area contributed by atoms with Gasteiger partial charge >= 0.3 is 0 Å². The summed E-state index contributed by atoms with van der Waals surface area (Å²) < 4.78 is 23.0. The van der Waals surface area contributed by atoms with Crippen molar-refractivity contribution in [3.63, 3.8) is 0 Å². The lowest BCUT2D eigenvalue weighted by Gasteiger charge is -2.14. The van der Waals surface area contributed by atoms with E-state index in [9.17, 15) is 4.39 Å². The number of hydrogen-bond donors (Lipinski definition) is 1. The van der Waals surface area contributed by atoms with Crippen LogP contribution < -0.4 is 5.32 Å². The number of benzene rings is 1. The first-order valence-electron chi connectivity index (χ1n) is 5.68. The minimum absolute atomic E-state index is 0.182. The highest BCUT2D eigenvalue weighted by atomic mass is 19.1. The summed E-state index contributed by atoms with van der Waals surface area (Å²) in [5, 5.41) is 3.23. The van der Waals surface area contributed by atoms with Crippen molar-refractivity contribution in [2.24, 2.45) is 0 Å². The third kappa shape index (κ3) is 4.81. The maximum Gasteiger partial charge on any atom is 0.169 e. The first kappa shape index (κ1) is 14.1. The summed E-state index contributed by atoms with van der Waals surface area (Å²) in [5.74, 6) is -0.182. The fourth-order valence-electron chi connectivity index (χ4n) is 1.65. The molecule has 0 fully saturated rings. The zero-order valence-corrected chi connectivity index (χ0v) is 10.6. The van der Waals surface area contributed by atoms with Gasteiger partial charge in [0.15, 0.2) is 6.29 Å². The highest BCUT2D eigenvalue weighted by Crippen LogP contribution is 2.10. The van der Waals surface area contributed by atoms with E-state index in [1.807, 2.05) is 13.0 Å². The van der Waals surface area contributed by atoms with Crippen LogP contribution in [0.4, 0.5) is 4.39 Å². The number of halogens is 1. The third-order valence-electron chi connectivity index (χ3n) is 2.71. The van der Waals surface area contributed by atoms with Crippen LogP contribution in [0.3, 0.4) is 0 Å². The molecule has 3 nitrogen and oxygen atoms in total. The van der Waals surface area contributed by atoms with Gasteiger partial charge in [-0.05, 0) is 43.1 Å². The largest absolute Gasteiger partial charge is 0.355 e. The van der Waals surface area contributed by atoms with Crippen molar-refractivity contribution >= 4 is 0 Å². The van der Waals surface area contributed by atoms with Gasteiger partial charge < -0.3 is 14.8 Å². The Bertz CT molecular complexity index is 340. The van der Waals surface area contributed by atoms with Crippen LogP contribution in [-0.4, -0.2) is 33.6 Å². The van der Waals surface area contributed by atoms with Crippen LogP contribution in [0.5, 0.6) is 0 Å². The summed E-state index contributed by atoms with van der Waals surface area (Å²) in [6.45, 7) is 3.38. The molecule has 1 rings (SSSR count). The number of methoxy groups -OCH3 is 2. The number of rotatable bonds is 7. The van der Waals surface area contributed by atoms with Crippen LogP contribution in [0, 0.1) is 12.7 Å². The number of aryl methyl sites for hydroxylation is 1. The highest BCUT2D eigenvalue weighted by Gasteiger charge is 2.04. The lowest BCUT2D eigenvalue weighted by atomic mass is 10.1. The van der Waals surface area contributed by atoms with Crippen molar-refractivity contribution in [3.05, 3.63) is 35.1 Å². The van der Waals surface area contributed by atoms with Gasteiger partial charge in [-0.25, -0.2) is 4.39 Å². The van der Waals surface area contributed by atoms with E-state index in [0.29, 0.717) is 6.54 Å². The molecule has 0 aromatic heterocycles. The van der Waals surface area contributed by atoms with Gasteiger partial charge in [0.05, 0.1) is 0 Å². The highest BCUT2D eigenvalue weighted by molar-refractivity contribution is 5.26. The second kappa shape index (κ2) is 7.37. The molecule has 17 heavy (non-hydrogen) atoms. The van der Waals surface area contributed by atoms with Crippen LogP contribution in [0.25, 0.3) is 0 Å². The van der Waals surface area contributed by atoms with Gasteiger partial charge in [-0.3, -0.25) is 0 Å². The topological polar surface area (TPSA) is 30.5 Å². The Morgan fingerprint density at radius 2 is 2.00 bits per heavy atom. The van der Waals surface area contributed by atoms with E-state index in [0.717, 1.165) is 24.1 Å². The van der Waals surface area contributed by atoms with Gasteiger partial charge in [-0.1, -0.05) is 6.07 Å². The molecule has 0 heterocycles. The predicted octanol–water partition coefficient (Wildman–Crippen LogP) is 1.89. The van der Waals surface area contributed by atoms with E-state index in [1.54, 1.807) is 20.3 Å².